The lowest BCUT2D eigenvalue weighted by atomic mass is 10.2. The van der Waals surface area contributed by atoms with Gasteiger partial charge in [0.05, 0.1) is 12.5 Å². The Bertz CT molecular complexity index is 376. The number of carbonyl (C=O) groups is 3. The summed E-state index contributed by atoms with van der Waals surface area (Å²) >= 11 is 1.42. The van der Waals surface area contributed by atoms with E-state index in [9.17, 15) is 14.4 Å². The summed E-state index contributed by atoms with van der Waals surface area (Å²) in [5.41, 5.74) is 0. The van der Waals surface area contributed by atoms with Gasteiger partial charge in [0.1, 0.15) is 12.1 Å². The van der Waals surface area contributed by atoms with Crippen LogP contribution in [0, 0.1) is 0 Å². The summed E-state index contributed by atoms with van der Waals surface area (Å²) in [6, 6.07) is -2.23. The second kappa shape index (κ2) is 6.65. The topological polar surface area (TPSA) is 95.9 Å². The van der Waals surface area contributed by atoms with Crippen molar-refractivity contribution in [2.45, 2.75) is 37.7 Å². The number of esters is 1. The van der Waals surface area contributed by atoms with Gasteiger partial charge >= 0.3 is 18.0 Å². The first-order valence-electron chi connectivity index (χ1n) is 5.93. The molecule has 0 aromatic rings. The van der Waals surface area contributed by atoms with Gasteiger partial charge in [-0.1, -0.05) is 6.92 Å². The third-order valence-electron chi connectivity index (χ3n) is 2.86. The molecular weight excluding hydrogens is 272 g/mol. The van der Waals surface area contributed by atoms with E-state index >= 15 is 0 Å². The maximum absolute atomic E-state index is 12.1. The lowest BCUT2D eigenvalue weighted by Gasteiger charge is -2.27. The number of aliphatic carboxylic acids is 1. The summed E-state index contributed by atoms with van der Waals surface area (Å²) < 4.78 is 4.51. The number of thioether (sulfide) groups is 1. The van der Waals surface area contributed by atoms with Gasteiger partial charge in [0, 0.05) is 5.75 Å². The molecule has 2 N–H and O–H groups in total. The van der Waals surface area contributed by atoms with Crippen LogP contribution in [0.1, 0.15) is 20.3 Å². The van der Waals surface area contributed by atoms with Crippen molar-refractivity contribution in [3.63, 3.8) is 0 Å². The maximum Gasteiger partial charge on any atom is 0.328 e. The number of urea groups is 1. The number of methoxy groups -OCH3 is 1. The van der Waals surface area contributed by atoms with E-state index in [4.69, 9.17) is 5.11 Å². The lowest BCUT2D eigenvalue weighted by molar-refractivity contribution is -0.142. The standard InChI is InChI=1S/C11H18N2O5S/c1-4-8-13(7(5-19-8)9(14)15)11(17)12-6(2)10(16)18-3/h6-8H,4-5H2,1-3H3,(H,12,17)(H,14,15). The summed E-state index contributed by atoms with van der Waals surface area (Å²) in [5.74, 6) is -1.25. The van der Waals surface area contributed by atoms with Crippen LogP contribution in [-0.2, 0) is 14.3 Å². The Morgan fingerprint density at radius 1 is 1.53 bits per heavy atom. The molecule has 8 heteroatoms. The second-order valence-corrected chi connectivity index (χ2v) is 5.36. The summed E-state index contributed by atoms with van der Waals surface area (Å²) in [6.45, 7) is 3.37. The van der Waals surface area contributed by atoms with E-state index in [2.05, 4.69) is 10.1 Å². The average Bonchev–Trinajstić information content (AvgIpc) is 2.81. The summed E-state index contributed by atoms with van der Waals surface area (Å²) in [4.78, 5) is 35.8. The minimum absolute atomic E-state index is 0.189. The van der Waals surface area contributed by atoms with Crippen LogP contribution in [0.15, 0.2) is 0 Å². The first kappa shape index (κ1) is 15.6. The zero-order chi connectivity index (χ0) is 14.6. The van der Waals surface area contributed by atoms with Crippen molar-refractivity contribution in [3.8, 4) is 0 Å². The fraction of sp³-hybridized carbons (Fsp3) is 0.727. The van der Waals surface area contributed by atoms with Gasteiger partial charge in [-0.3, -0.25) is 4.90 Å². The predicted molar refractivity (Wildman–Crippen MR) is 69.8 cm³/mol. The molecule has 108 valence electrons. The molecule has 3 unspecified atom stereocenters. The molecule has 3 atom stereocenters. The van der Waals surface area contributed by atoms with Gasteiger partial charge in [-0.25, -0.2) is 14.4 Å². The smallest absolute Gasteiger partial charge is 0.328 e. The highest BCUT2D eigenvalue weighted by molar-refractivity contribution is 8.00. The van der Waals surface area contributed by atoms with Crippen molar-refractivity contribution < 1.29 is 24.2 Å². The van der Waals surface area contributed by atoms with E-state index in [-0.39, 0.29) is 5.37 Å². The first-order chi connectivity index (χ1) is 8.92. The van der Waals surface area contributed by atoms with Crippen molar-refractivity contribution in [3.05, 3.63) is 0 Å². The van der Waals surface area contributed by atoms with Gasteiger partial charge in [0.2, 0.25) is 0 Å². The molecule has 1 aliphatic rings. The highest BCUT2D eigenvalue weighted by Gasteiger charge is 2.41. The molecule has 1 heterocycles. The fourth-order valence-corrected chi connectivity index (χ4v) is 3.18. The maximum atomic E-state index is 12.1. The van der Waals surface area contributed by atoms with Gasteiger partial charge in [-0.2, -0.15) is 0 Å². The first-order valence-corrected chi connectivity index (χ1v) is 6.98. The molecule has 1 aliphatic heterocycles. The second-order valence-electron chi connectivity index (χ2n) is 4.15. The van der Waals surface area contributed by atoms with Crippen LogP contribution in [0.2, 0.25) is 0 Å². The summed E-state index contributed by atoms with van der Waals surface area (Å²) in [5, 5.41) is 11.4. The van der Waals surface area contributed by atoms with E-state index < -0.39 is 30.1 Å². The number of carbonyl (C=O) groups excluding carboxylic acids is 2. The van der Waals surface area contributed by atoms with E-state index in [1.807, 2.05) is 6.92 Å². The van der Waals surface area contributed by atoms with Crippen LogP contribution in [0.3, 0.4) is 0 Å². The zero-order valence-corrected chi connectivity index (χ0v) is 11.9. The van der Waals surface area contributed by atoms with Crippen molar-refractivity contribution >= 4 is 29.7 Å². The van der Waals surface area contributed by atoms with Crippen molar-refractivity contribution in [2.24, 2.45) is 0 Å². The van der Waals surface area contributed by atoms with Gasteiger partial charge < -0.3 is 15.2 Å². The molecule has 0 spiro atoms. The van der Waals surface area contributed by atoms with E-state index in [0.717, 1.165) is 0 Å². The van der Waals surface area contributed by atoms with Crippen LogP contribution >= 0.6 is 11.8 Å². The molecule has 7 nitrogen and oxygen atoms in total. The molecular formula is C11H18N2O5S. The number of nitrogens with one attached hydrogen (secondary N) is 1. The third kappa shape index (κ3) is 3.52. The Balaban J connectivity index is 2.76. The number of carboxylic acid groups (broad SMARTS) is 1. The minimum atomic E-state index is -1.04. The minimum Gasteiger partial charge on any atom is -0.480 e. The molecule has 19 heavy (non-hydrogen) atoms. The molecule has 0 aromatic heterocycles. The molecule has 0 radical (unpaired) electrons. The highest BCUT2D eigenvalue weighted by Crippen LogP contribution is 2.31. The van der Waals surface area contributed by atoms with E-state index in [1.165, 1.54) is 30.7 Å². The number of carboxylic acids is 1. The summed E-state index contributed by atoms with van der Waals surface area (Å²) in [7, 11) is 1.23. The normalized spacial score (nSPS) is 23.8. The third-order valence-corrected chi connectivity index (χ3v) is 4.31. The molecule has 0 bridgehead atoms. The number of ether oxygens (including phenoxy) is 1. The van der Waals surface area contributed by atoms with Gasteiger partial charge in [-0.05, 0) is 13.3 Å². The van der Waals surface area contributed by atoms with Crippen LogP contribution in [0.25, 0.3) is 0 Å². The van der Waals surface area contributed by atoms with Crippen molar-refractivity contribution in [1.82, 2.24) is 10.2 Å². The Morgan fingerprint density at radius 3 is 2.63 bits per heavy atom. The molecule has 0 aromatic carbocycles. The van der Waals surface area contributed by atoms with Crippen LogP contribution in [0.5, 0.6) is 0 Å². The molecule has 1 saturated heterocycles. The van der Waals surface area contributed by atoms with E-state index in [0.29, 0.717) is 12.2 Å². The number of nitrogens with zero attached hydrogens (tertiary/aromatic N) is 1. The van der Waals surface area contributed by atoms with Gasteiger partial charge in [0.25, 0.3) is 0 Å². The Hall–Kier alpha value is -1.44. The van der Waals surface area contributed by atoms with Crippen LogP contribution in [-0.4, -0.2) is 58.3 Å². The SMILES string of the molecule is CCC1SCC(C(=O)O)N1C(=O)NC(C)C(=O)OC. The monoisotopic (exact) mass is 290 g/mol. The number of rotatable bonds is 4. The van der Waals surface area contributed by atoms with Gasteiger partial charge in [-0.15, -0.1) is 11.8 Å². The Kier molecular flexibility index (Phi) is 5.46. The van der Waals surface area contributed by atoms with Crippen molar-refractivity contribution in [2.75, 3.05) is 12.9 Å². The lowest BCUT2D eigenvalue weighted by Crippen LogP contribution is -2.53. The van der Waals surface area contributed by atoms with Gasteiger partial charge in [0.15, 0.2) is 0 Å². The Morgan fingerprint density at radius 2 is 2.16 bits per heavy atom. The molecule has 0 saturated carbocycles. The number of hydrogen-bond acceptors (Lipinski definition) is 5. The molecule has 1 rings (SSSR count). The number of hydrogen-bond donors (Lipinski definition) is 2. The Labute approximate surface area is 115 Å². The zero-order valence-electron chi connectivity index (χ0n) is 11.1. The summed E-state index contributed by atoms with van der Waals surface area (Å²) in [6.07, 6.45) is 0.647. The van der Waals surface area contributed by atoms with E-state index in [1.54, 1.807) is 0 Å². The molecule has 0 aliphatic carbocycles. The molecule has 1 fully saturated rings. The predicted octanol–water partition coefficient (Wildman–Crippen LogP) is 0.496. The fourth-order valence-electron chi connectivity index (χ4n) is 1.84. The molecule has 2 amide bonds. The average molecular weight is 290 g/mol. The highest BCUT2D eigenvalue weighted by atomic mass is 32.2. The quantitative estimate of drug-likeness (QED) is 0.732. The van der Waals surface area contributed by atoms with Crippen LogP contribution in [0.4, 0.5) is 4.79 Å². The largest absolute Gasteiger partial charge is 0.480 e. The number of amides is 2. The van der Waals surface area contributed by atoms with Crippen LogP contribution < -0.4 is 5.32 Å². The van der Waals surface area contributed by atoms with Crippen molar-refractivity contribution in [1.29, 1.82) is 0 Å².